The van der Waals surface area contributed by atoms with Gasteiger partial charge in [-0.15, -0.1) is 0 Å². The van der Waals surface area contributed by atoms with Crippen molar-refractivity contribution >= 4 is 11.9 Å². The highest BCUT2D eigenvalue weighted by Crippen LogP contribution is 2.22. The average Bonchev–Trinajstić information content (AvgIpc) is 2.90. The van der Waals surface area contributed by atoms with Gasteiger partial charge in [0.15, 0.2) is 0 Å². The molecule has 0 N–H and O–H groups in total. The summed E-state index contributed by atoms with van der Waals surface area (Å²) in [6.07, 6.45) is 10.9. The van der Waals surface area contributed by atoms with Gasteiger partial charge in [0, 0.05) is 12.0 Å². The van der Waals surface area contributed by atoms with E-state index in [4.69, 9.17) is 14.2 Å². The van der Waals surface area contributed by atoms with Crippen LogP contribution in [0.4, 0.5) is 0 Å². The first-order valence-electron chi connectivity index (χ1n) is 13.2. The largest absolute Gasteiger partial charge is 0.494 e. The number of nitrogens with zero attached hydrogens (tertiary/aromatic N) is 1. The molecule has 0 aliphatic rings. The van der Waals surface area contributed by atoms with Crippen molar-refractivity contribution in [3.8, 4) is 17.6 Å². The molecule has 0 saturated heterocycles. The molecule has 36 heavy (non-hydrogen) atoms. The Labute approximate surface area is 215 Å². The van der Waals surface area contributed by atoms with Gasteiger partial charge in [0.2, 0.25) is 6.10 Å². The Morgan fingerprint density at radius 3 is 1.97 bits per heavy atom. The number of benzene rings is 2. The van der Waals surface area contributed by atoms with Crippen LogP contribution in [0.5, 0.6) is 11.5 Å². The van der Waals surface area contributed by atoms with Crippen molar-refractivity contribution in [3.05, 3.63) is 59.7 Å². The molecule has 1 atom stereocenters. The van der Waals surface area contributed by atoms with Crippen molar-refractivity contribution in [1.29, 1.82) is 5.26 Å². The number of hydrogen-bond donors (Lipinski definition) is 0. The fourth-order valence-corrected chi connectivity index (χ4v) is 3.67. The zero-order valence-corrected chi connectivity index (χ0v) is 21.7. The molecule has 0 bridgehead atoms. The number of rotatable bonds is 17. The monoisotopic (exact) mass is 493 g/mol. The quantitative estimate of drug-likeness (QED) is 0.127. The highest BCUT2D eigenvalue weighted by Gasteiger charge is 2.16. The second-order valence-electron chi connectivity index (χ2n) is 8.91. The summed E-state index contributed by atoms with van der Waals surface area (Å²) >= 11 is 0. The minimum Gasteiger partial charge on any atom is -0.494 e. The Hall–Kier alpha value is -3.33. The number of carbonyl (C=O) groups excluding carboxylic acids is 2. The van der Waals surface area contributed by atoms with E-state index in [-0.39, 0.29) is 6.42 Å². The minimum atomic E-state index is -0.988. The summed E-state index contributed by atoms with van der Waals surface area (Å²) in [5.41, 5.74) is 0.943. The van der Waals surface area contributed by atoms with Crippen LogP contribution in [0.1, 0.15) is 107 Å². The Kier molecular flexibility index (Phi) is 13.8. The van der Waals surface area contributed by atoms with Crippen molar-refractivity contribution in [3.63, 3.8) is 0 Å². The van der Waals surface area contributed by atoms with E-state index in [1.54, 1.807) is 48.5 Å². The van der Waals surface area contributed by atoms with Crippen molar-refractivity contribution in [1.82, 2.24) is 0 Å². The molecule has 0 amide bonds. The van der Waals surface area contributed by atoms with Crippen LogP contribution in [0.3, 0.4) is 0 Å². The molecule has 0 aliphatic carbocycles. The number of ether oxygens (including phenoxy) is 3. The number of unbranched alkanes of at least 4 members (excludes halogenated alkanes) is 8. The van der Waals surface area contributed by atoms with E-state index in [9.17, 15) is 14.9 Å². The third kappa shape index (κ3) is 10.9. The van der Waals surface area contributed by atoms with Crippen molar-refractivity contribution in [2.45, 2.75) is 90.6 Å². The van der Waals surface area contributed by atoms with Crippen LogP contribution in [0.2, 0.25) is 0 Å². The standard InChI is InChI=1S/C30H39NO5/c1-3-5-7-8-9-10-11-12-22-34-26-18-16-25(17-19-26)30(33)35-27-20-14-24(15-21-27)28(23-31)36-29(32)13-6-4-2/h14-21,28H,3-13,22H2,1-2H3/t28-/m0/s1. The first-order chi connectivity index (χ1) is 17.6. The number of hydrogen-bond acceptors (Lipinski definition) is 6. The van der Waals surface area contributed by atoms with Gasteiger partial charge < -0.3 is 14.2 Å². The molecule has 0 saturated carbocycles. The van der Waals surface area contributed by atoms with Crippen LogP contribution in [-0.4, -0.2) is 18.5 Å². The van der Waals surface area contributed by atoms with E-state index in [2.05, 4.69) is 6.92 Å². The number of esters is 2. The normalized spacial score (nSPS) is 11.4. The van der Waals surface area contributed by atoms with E-state index in [0.29, 0.717) is 23.5 Å². The van der Waals surface area contributed by atoms with Gasteiger partial charge in [-0.3, -0.25) is 4.79 Å². The van der Waals surface area contributed by atoms with Crippen LogP contribution in [0, 0.1) is 11.3 Å². The van der Waals surface area contributed by atoms with Gasteiger partial charge >= 0.3 is 11.9 Å². The van der Waals surface area contributed by atoms with Gasteiger partial charge in [0.1, 0.15) is 17.6 Å². The molecule has 0 aliphatic heterocycles. The maximum absolute atomic E-state index is 12.5. The smallest absolute Gasteiger partial charge is 0.343 e. The Morgan fingerprint density at radius 1 is 0.778 bits per heavy atom. The fourth-order valence-electron chi connectivity index (χ4n) is 3.67. The summed E-state index contributed by atoms with van der Waals surface area (Å²) in [7, 11) is 0. The lowest BCUT2D eigenvalue weighted by molar-refractivity contribution is -0.147. The molecule has 0 unspecified atom stereocenters. The maximum Gasteiger partial charge on any atom is 0.343 e. The summed E-state index contributed by atoms with van der Waals surface area (Å²) < 4.78 is 16.5. The lowest BCUT2D eigenvalue weighted by Crippen LogP contribution is -2.10. The van der Waals surface area contributed by atoms with E-state index >= 15 is 0 Å². The van der Waals surface area contributed by atoms with E-state index in [1.165, 1.54) is 44.9 Å². The molecule has 0 fully saturated rings. The van der Waals surface area contributed by atoms with Crippen LogP contribution in [-0.2, 0) is 9.53 Å². The zero-order valence-electron chi connectivity index (χ0n) is 21.7. The van der Waals surface area contributed by atoms with Crippen LogP contribution >= 0.6 is 0 Å². The molecule has 6 nitrogen and oxygen atoms in total. The molecular weight excluding hydrogens is 454 g/mol. The first-order valence-corrected chi connectivity index (χ1v) is 13.2. The van der Waals surface area contributed by atoms with Gasteiger partial charge in [-0.25, -0.2) is 4.79 Å². The van der Waals surface area contributed by atoms with Crippen molar-refractivity contribution in [2.24, 2.45) is 0 Å². The maximum atomic E-state index is 12.5. The third-order valence-electron chi connectivity index (χ3n) is 5.85. The van der Waals surface area contributed by atoms with E-state index in [0.717, 1.165) is 25.0 Å². The van der Waals surface area contributed by atoms with Crippen molar-refractivity contribution < 1.29 is 23.8 Å². The van der Waals surface area contributed by atoms with Crippen LogP contribution < -0.4 is 9.47 Å². The van der Waals surface area contributed by atoms with Gasteiger partial charge in [0.25, 0.3) is 0 Å². The molecule has 2 rings (SSSR count). The Balaban J connectivity index is 1.75. The highest BCUT2D eigenvalue weighted by atomic mass is 16.5. The summed E-state index contributed by atoms with van der Waals surface area (Å²) in [6.45, 7) is 4.88. The summed E-state index contributed by atoms with van der Waals surface area (Å²) in [5, 5.41) is 9.35. The lowest BCUT2D eigenvalue weighted by atomic mass is 10.1. The highest BCUT2D eigenvalue weighted by molar-refractivity contribution is 5.91. The molecule has 0 aromatic heterocycles. The second-order valence-corrected chi connectivity index (χ2v) is 8.91. The Morgan fingerprint density at radius 2 is 1.36 bits per heavy atom. The third-order valence-corrected chi connectivity index (χ3v) is 5.85. The van der Waals surface area contributed by atoms with Gasteiger partial charge in [-0.05, 0) is 49.2 Å². The Bertz CT molecular complexity index is 947. The average molecular weight is 494 g/mol. The predicted molar refractivity (Wildman–Crippen MR) is 140 cm³/mol. The van der Waals surface area contributed by atoms with Gasteiger partial charge in [-0.1, -0.05) is 77.3 Å². The molecule has 194 valence electrons. The van der Waals surface area contributed by atoms with E-state index in [1.807, 2.05) is 13.0 Å². The molecule has 0 spiro atoms. The molecule has 0 heterocycles. The molecule has 2 aromatic carbocycles. The number of nitriles is 1. The van der Waals surface area contributed by atoms with Crippen LogP contribution in [0.25, 0.3) is 0 Å². The second kappa shape index (κ2) is 17.2. The zero-order chi connectivity index (χ0) is 26.0. The SMILES string of the molecule is CCCCCCCCCCOc1ccc(C(=O)Oc2ccc([C@H](C#N)OC(=O)CCCC)cc2)cc1. The van der Waals surface area contributed by atoms with Crippen LogP contribution in [0.15, 0.2) is 48.5 Å². The first kappa shape index (κ1) is 28.9. The topological polar surface area (TPSA) is 85.6 Å². The summed E-state index contributed by atoms with van der Waals surface area (Å²) in [4.78, 5) is 24.3. The summed E-state index contributed by atoms with van der Waals surface area (Å²) in [6, 6.07) is 15.3. The number of carbonyl (C=O) groups is 2. The predicted octanol–water partition coefficient (Wildman–Crippen LogP) is 7.72. The van der Waals surface area contributed by atoms with Gasteiger partial charge in [0.05, 0.1) is 12.2 Å². The summed E-state index contributed by atoms with van der Waals surface area (Å²) in [5.74, 6) is 0.187. The minimum absolute atomic E-state index is 0.285. The molecule has 6 heteroatoms. The van der Waals surface area contributed by atoms with E-state index < -0.39 is 18.0 Å². The fraction of sp³-hybridized carbons (Fsp3) is 0.500. The van der Waals surface area contributed by atoms with Crippen molar-refractivity contribution in [2.75, 3.05) is 6.61 Å². The lowest BCUT2D eigenvalue weighted by Gasteiger charge is -2.12. The van der Waals surface area contributed by atoms with Gasteiger partial charge in [-0.2, -0.15) is 5.26 Å². The molecular formula is C30H39NO5. The molecule has 0 radical (unpaired) electrons. The molecule has 2 aromatic rings.